The van der Waals surface area contributed by atoms with Gasteiger partial charge >= 0.3 is 0 Å². The molecule has 0 bridgehead atoms. The predicted octanol–water partition coefficient (Wildman–Crippen LogP) is 2.00. The van der Waals surface area contributed by atoms with Gasteiger partial charge in [0.05, 0.1) is 11.9 Å². The van der Waals surface area contributed by atoms with Crippen LogP contribution in [0.15, 0.2) is 4.99 Å². The van der Waals surface area contributed by atoms with Gasteiger partial charge in [-0.2, -0.15) is 0 Å². The average Bonchev–Trinajstić information content (AvgIpc) is 2.60. The van der Waals surface area contributed by atoms with E-state index >= 15 is 0 Å². The van der Waals surface area contributed by atoms with Crippen LogP contribution in [0.1, 0.15) is 64.7 Å². The molecule has 0 spiro atoms. The van der Waals surface area contributed by atoms with Gasteiger partial charge < -0.3 is 15.4 Å². The predicted molar refractivity (Wildman–Crippen MR) is 111 cm³/mol. The summed E-state index contributed by atoms with van der Waals surface area (Å²) in [6.45, 7) is 5.10. The SMILES string of the molecule is CCNC(=NCCCOC1CCCCC1)NCCS(=O)(=O)NCC1CCC1. The van der Waals surface area contributed by atoms with Crippen LogP contribution >= 0.6 is 0 Å². The molecule has 3 N–H and O–H groups in total. The molecular weight excluding hydrogens is 364 g/mol. The van der Waals surface area contributed by atoms with E-state index in [1.54, 1.807) is 0 Å². The molecule has 158 valence electrons. The lowest BCUT2D eigenvalue weighted by Crippen LogP contribution is -2.42. The molecular formula is C19H38N4O3S. The van der Waals surface area contributed by atoms with Crippen LogP contribution in [0, 0.1) is 5.92 Å². The molecule has 2 saturated carbocycles. The monoisotopic (exact) mass is 402 g/mol. The molecule has 8 heteroatoms. The van der Waals surface area contributed by atoms with E-state index in [0.717, 1.165) is 32.4 Å². The summed E-state index contributed by atoms with van der Waals surface area (Å²) in [4.78, 5) is 4.51. The highest BCUT2D eigenvalue weighted by Gasteiger charge is 2.20. The van der Waals surface area contributed by atoms with Crippen molar-refractivity contribution in [2.75, 3.05) is 38.5 Å². The standard InChI is InChI=1S/C19H38N4O3S/c1-2-20-19(21-12-7-14-26-18-10-4-3-5-11-18)22-13-15-27(24,25)23-16-17-8-6-9-17/h17-18,23H,2-16H2,1H3,(H2,20,21,22). The number of nitrogens with one attached hydrogen (secondary N) is 3. The minimum Gasteiger partial charge on any atom is -0.378 e. The third kappa shape index (κ3) is 9.76. The highest BCUT2D eigenvalue weighted by molar-refractivity contribution is 7.89. The summed E-state index contributed by atoms with van der Waals surface area (Å²) in [7, 11) is -3.22. The molecule has 0 radical (unpaired) electrons. The van der Waals surface area contributed by atoms with Gasteiger partial charge in [-0.15, -0.1) is 0 Å². The van der Waals surface area contributed by atoms with Crippen molar-refractivity contribution in [1.82, 2.24) is 15.4 Å². The number of hydrogen-bond acceptors (Lipinski definition) is 4. The summed E-state index contributed by atoms with van der Waals surface area (Å²) < 4.78 is 32.7. The van der Waals surface area contributed by atoms with Gasteiger partial charge in [-0.25, -0.2) is 13.1 Å². The first-order valence-corrected chi connectivity index (χ1v) is 12.4. The van der Waals surface area contributed by atoms with Crippen LogP contribution in [0.2, 0.25) is 0 Å². The molecule has 7 nitrogen and oxygen atoms in total. The Balaban J connectivity index is 1.58. The molecule has 0 amide bonds. The zero-order chi connectivity index (χ0) is 19.4. The van der Waals surface area contributed by atoms with E-state index in [9.17, 15) is 8.42 Å². The van der Waals surface area contributed by atoms with Crippen molar-refractivity contribution in [2.24, 2.45) is 10.9 Å². The summed E-state index contributed by atoms with van der Waals surface area (Å²) in [6, 6.07) is 0. The van der Waals surface area contributed by atoms with Crippen LogP contribution in [0.4, 0.5) is 0 Å². The van der Waals surface area contributed by atoms with Gasteiger partial charge in [0.2, 0.25) is 10.0 Å². The first-order chi connectivity index (χ1) is 13.1. The lowest BCUT2D eigenvalue weighted by atomic mass is 9.86. The number of aliphatic imine (C=N–C) groups is 1. The number of rotatable bonds is 12. The second kappa shape index (κ2) is 12.6. The number of nitrogens with zero attached hydrogens (tertiary/aromatic N) is 1. The van der Waals surface area contributed by atoms with Gasteiger partial charge in [-0.05, 0) is 44.9 Å². The van der Waals surface area contributed by atoms with Gasteiger partial charge in [0.1, 0.15) is 0 Å². The minimum atomic E-state index is -3.22. The number of ether oxygens (including phenoxy) is 1. The Bertz CT molecular complexity index is 529. The maximum Gasteiger partial charge on any atom is 0.213 e. The molecule has 2 aliphatic rings. The fourth-order valence-electron chi connectivity index (χ4n) is 3.40. The Morgan fingerprint density at radius 2 is 1.85 bits per heavy atom. The van der Waals surface area contributed by atoms with Crippen LogP contribution in [-0.2, 0) is 14.8 Å². The summed E-state index contributed by atoms with van der Waals surface area (Å²) in [5, 5.41) is 6.27. The van der Waals surface area contributed by atoms with E-state index < -0.39 is 10.0 Å². The molecule has 2 fully saturated rings. The van der Waals surface area contributed by atoms with E-state index in [0.29, 0.717) is 37.6 Å². The third-order valence-corrected chi connectivity index (χ3v) is 6.65. The first-order valence-electron chi connectivity index (χ1n) is 10.7. The van der Waals surface area contributed by atoms with Crippen molar-refractivity contribution in [3.05, 3.63) is 0 Å². The van der Waals surface area contributed by atoms with Crippen LogP contribution in [0.25, 0.3) is 0 Å². The number of sulfonamides is 1. The molecule has 0 unspecified atom stereocenters. The van der Waals surface area contributed by atoms with E-state index in [4.69, 9.17) is 4.74 Å². The van der Waals surface area contributed by atoms with E-state index in [2.05, 4.69) is 20.3 Å². The van der Waals surface area contributed by atoms with Gasteiger partial charge in [-0.3, -0.25) is 4.99 Å². The highest BCUT2D eigenvalue weighted by Crippen LogP contribution is 2.25. The van der Waals surface area contributed by atoms with Gasteiger partial charge in [0.15, 0.2) is 5.96 Å². The van der Waals surface area contributed by atoms with Crippen LogP contribution < -0.4 is 15.4 Å². The zero-order valence-corrected chi connectivity index (χ0v) is 17.7. The average molecular weight is 403 g/mol. The quantitative estimate of drug-likeness (QED) is 0.264. The van der Waals surface area contributed by atoms with E-state index in [1.807, 2.05) is 6.92 Å². The lowest BCUT2D eigenvalue weighted by Gasteiger charge is -2.25. The normalized spacial score (nSPS) is 19.7. The Labute approximate surface area is 165 Å². The minimum absolute atomic E-state index is 0.0644. The van der Waals surface area contributed by atoms with E-state index in [1.165, 1.54) is 38.5 Å². The molecule has 0 aromatic rings. The Morgan fingerprint density at radius 3 is 2.52 bits per heavy atom. The molecule has 0 aliphatic heterocycles. The summed E-state index contributed by atoms with van der Waals surface area (Å²) >= 11 is 0. The largest absolute Gasteiger partial charge is 0.378 e. The van der Waals surface area contributed by atoms with Crippen LogP contribution in [0.5, 0.6) is 0 Å². The molecule has 2 rings (SSSR count). The number of guanidine groups is 1. The molecule has 0 aromatic heterocycles. The summed E-state index contributed by atoms with van der Waals surface area (Å²) in [5.41, 5.74) is 0. The maximum absolute atomic E-state index is 12.0. The molecule has 0 atom stereocenters. The first kappa shape index (κ1) is 22.4. The smallest absolute Gasteiger partial charge is 0.213 e. The van der Waals surface area contributed by atoms with Gasteiger partial charge in [-0.1, -0.05) is 25.7 Å². The molecule has 27 heavy (non-hydrogen) atoms. The van der Waals surface area contributed by atoms with Crippen molar-refractivity contribution >= 4 is 16.0 Å². The molecule has 0 aromatic carbocycles. The summed E-state index contributed by atoms with van der Waals surface area (Å²) in [5.74, 6) is 1.27. The fourth-order valence-corrected chi connectivity index (χ4v) is 4.40. The Kier molecular flexibility index (Phi) is 10.4. The number of hydrogen-bond donors (Lipinski definition) is 3. The van der Waals surface area contributed by atoms with Crippen molar-refractivity contribution < 1.29 is 13.2 Å². The molecule has 0 heterocycles. The second-order valence-electron chi connectivity index (χ2n) is 7.64. The zero-order valence-electron chi connectivity index (χ0n) is 16.8. The molecule has 0 saturated heterocycles. The summed E-state index contributed by atoms with van der Waals surface area (Å²) in [6.07, 6.45) is 11.1. The van der Waals surface area contributed by atoms with Crippen molar-refractivity contribution in [1.29, 1.82) is 0 Å². The van der Waals surface area contributed by atoms with Crippen LogP contribution in [-0.4, -0.2) is 59.0 Å². The highest BCUT2D eigenvalue weighted by atomic mass is 32.2. The fraction of sp³-hybridized carbons (Fsp3) is 0.947. The van der Waals surface area contributed by atoms with Gasteiger partial charge in [0.25, 0.3) is 0 Å². The molecule has 2 aliphatic carbocycles. The Morgan fingerprint density at radius 1 is 1.07 bits per heavy atom. The van der Waals surface area contributed by atoms with Crippen LogP contribution in [0.3, 0.4) is 0 Å². The van der Waals surface area contributed by atoms with Crippen molar-refractivity contribution in [3.63, 3.8) is 0 Å². The maximum atomic E-state index is 12.0. The lowest BCUT2D eigenvalue weighted by molar-refractivity contribution is 0.0281. The second-order valence-corrected chi connectivity index (χ2v) is 9.56. The van der Waals surface area contributed by atoms with Crippen molar-refractivity contribution in [2.45, 2.75) is 70.8 Å². The Hall–Kier alpha value is -0.860. The topological polar surface area (TPSA) is 91.8 Å². The van der Waals surface area contributed by atoms with E-state index in [-0.39, 0.29) is 5.75 Å². The van der Waals surface area contributed by atoms with Crippen molar-refractivity contribution in [3.8, 4) is 0 Å². The van der Waals surface area contributed by atoms with Gasteiger partial charge in [0, 0.05) is 32.8 Å². The third-order valence-electron chi connectivity index (χ3n) is 5.30.